The summed E-state index contributed by atoms with van der Waals surface area (Å²) in [4.78, 5) is 12.7. The molecule has 1 aromatic carbocycles. The maximum Gasteiger partial charge on any atom is 0.398 e. The Labute approximate surface area is 179 Å². The van der Waals surface area contributed by atoms with Gasteiger partial charge in [-0.2, -0.15) is 13.2 Å². The van der Waals surface area contributed by atoms with E-state index in [2.05, 4.69) is 0 Å². The van der Waals surface area contributed by atoms with Crippen molar-refractivity contribution >= 4 is 12.0 Å². The van der Waals surface area contributed by atoms with Crippen molar-refractivity contribution in [2.45, 2.75) is 63.9 Å². The van der Waals surface area contributed by atoms with E-state index in [1.807, 2.05) is 6.08 Å². The lowest BCUT2D eigenvalue weighted by molar-refractivity contribution is -0.182. The van der Waals surface area contributed by atoms with Gasteiger partial charge in [0, 0.05) is 0 Å². The molecule has 5 nitrogen and oxygen atoms in total. The van der Waals surface area contributed by atoms with E-state index in [0.29, 0.717) is 17.7 Å². The Morgan fingerprint density at radius 3 is 2.35 bits per heavy atom. The van der Waals surface area contributed by atoms with E-state index in [9.17, 15) is 18.0 Å². The summed E-state index contributed by atoms with van der Waals surface area (Å²) < 4.78 is 63.2. The van der Waals surface area contributed by atoms with Gasteiger partial charge < -0.3 is 18.9 Å². The number of alkyl halides is 3. The molecule has 1 aromatic rings. The third-order valence-electron chi connectivity index (χ3n) is 5.32. The van der Waals surface area contributed by atoms with Crippen molar-refractivity contribution < 1.29 is 36.9 Å². The van der Waals surface area contributed by atoms with Crippen molar-refractivity contribution in [1.82, 2.24) is 0 Å². The summed E-state index contributed by atoms with van der Waals surface area (Å²) in [5.41, 5.74) is 0.647. The van der Waals surface area contributed by atoms with Crippen molar-refractivity contribution in [2.75, 3.05) is 7.11 Å². The largest absolute Gasteiger partial charge is 0.497 e. The van der Waals surface area contributed by atoms with Crippen molar-refractivity contribution in [3.05, 3.63) is 47.6 Å². The van der Waals surface area contributed by atoms with Crippen LogP contribution in [0.2, 0.25) is 0 Å². The minimum atomic E-state index is -4.57. The van der Waals surface area contributed by atoms with E-state index in [4.69, 9.17) is 18.9 Å². The molecule has 1 saturated heterocycles. The summed E-state index contributed by atoms with van der Waals surface area (Å²) in [5, 5.41) is 0. The van der Waals surface area contributed by atoms with Gasteiger partial charge in [0.25, 0.3) is 0 Å². The number of carbonyl (C=O) groups is 1. The first-order chi connectivity index (χ1) is 14.5. The van der Waals surface area contributed by atoms with Crippen molar-refractivity contribution in [1.29, 1.82) is 0 Å². The fraction of sp³-hybridized carbons (Fsp3) is 0.522. The number of cyclic esters (lactones) is 1. The van der Waals surface area contributed by atoms with Crippen molar-refractivity contribution in [3.8, 4) is 5.75 Å². The third kappa shape index (κ3) is 5.68. The smallest absolute Gasteiger partial charge is 0.398 e. The van der Waals surface area contributed by atoms with Crippen LogP contribution in [0.1, 0.15) is 49.5 Å². The Balaban J connectivity index is 2.01. The standard InChI is InChI=1S/C23H27F3O5/c1-14-18(23(24,25)26)8-6-10-20-19(30-22(2,3)31-20)9-5-7-15-13-16(28-4)11-12-17(15)21(27)29-14/h5-8,11-14,18-20H,9-10H2,1-4H3/b7-5+,8-6-. The number of hydrogen-bond acceptors (Lipinski definition) is 5. The minimum absolute atomic E-state index is 0.159. The maximum atomic E-state index is 13.7. The normalized spacial score (nSPS) is 31.0. The van der Waals surface area contributed by atoms with Gasteiger partial charge in [-0.3, -0.25) is 0 Å². The van der Waals surface area contributed by atoms with E-state index in [1.54, 1.807) is 32.1 Å². The monoisotopic (exact) mass is 440 g/mol. The Hall–Kier alpha value is -2.32. The first-order valence-electron chi connectivity index (χ1n) is 10.1. The number of benzene rings is 1. The van der Waals surface area contributed by atoms with Gasteiger partial charge in [-0.15, -0.1) is 0 Å². The van der Waals surface area contributed by atoms with Gasteiger partial charge in [0.15, 0.2) is 5.79 Å². The van der Waals surface area contributed by atoms with Crippen LogP contribution < -0.4 is 4.74 Å². The zero-order valence-electron chi connectivity index (χ0n) is 17.9. The fourth-order valence-corrected chi connectivity index (χ4v) is 3.83. The van der Waals surface area contributed by atoms with Gasteiger partial charge in [-0.05, 0) is 57.4 Å². The number of carbonyl (C=O) groups excluding carboxylic acids is 1. The molecule has 2 heterocycles. The summed E-state index contributed by atoms with van der Waals surface area (Å²) in [5.74, 6) is -3.08. The molecular weight excluding hydrogens is 413 g/mol. The molecule has 0 aliphatic carbocycles. The third-order valence-corrected chi connectivity index (χ3v) is 5.32. The average molecular weight is 440 g/mol. The zero-order valence-corrected chi connectivity index (χ0v) is 17.9. The summed E-state index contributed by atoms with van der Waals surface area (Å²) in [6, 6.07) is 4.69. The number of halogens is 3. The van der Waals surface area contributed by atoms with Crippen LogP contribution >= 0.6 is 0 Å². The molecule has 0 radical (unpaired) electrons. The lowest BCUT2D eigenvalue weighted by atomic mass is 9.99. The van der Waals surface area contributed by atoms with E-state index in [0.717, 1.165) is 6.08 Å². The molecule has 2 aliphatic heterocycles. The Morgan fingerprint density at radius 1 is 1.10 bits per heavy atom. The molecule has 0 spiro atoms. The van der Waals surface area contributed by atoms with Crippen molar-refractivity contribution in [3.63, 3.8) is 0 Å². The minimum Gasteiger partial charge on any atom is -0.497 e. The molecule has 2 aliphatic rings. The van der Waals surface area contributed by atoms with Gasteiger partial charge in [-0.1, -0.05) is 24.3 Å². The Bertz CT molecular complexity index is 859. The SMILES string of the molecule is COc1ccc2c(c1)/C=C/CC1OC(C)(C)OC1C/C=C\C(C(F)(F)F)C(C)OC2=O. The van der Waals surface area contributed by atoms with Gasteiger partial charge in [0.2, 0.25) is 0 Å². The molecule has 170 valence electrons. The quantitative estimate of drug-likeness (QED) is 0.438. The number of ether oxygens (including phenoxy) is 4. The average Bonchev–Trinajstić information content (AvgIpc) is 2.96. The highest BCUT2D eigenvalue weighted by atomic mass is 19.4. The Morgan fingerprint density at radius 2 is 1.74 bits per heavy atom. The predicted octanol–water partition coefficient (Wildman–Crippen LogP) is 5.30. The summed E-state index contributed by atoms with van der Waals surface area (Å²) in [6.45, 7) is 4.79. The second kappa shape index (κ2) is 9.04. The van der Waals surface area contributed by atoms with E-state index in [1.165, 1.54) is 26.2 Å². The van der Waals surface area contributed by atoms with Crippen LogP contribution in [0, 0.1) is 5.92 Å². The summed E-state index contributed by atoms with van der Waals surface area (Å²) in [6.07, 6.45) is 0.0625. The van der Waals surface area contributed by atoms with Crippen LogP contribution in [-0.2, 0) is 14.2 Å². The lowest BCUT2D eigenvalue weighted by Gasteiger charge is -2.24. The summed E-state index contributed by atoms with van der Waals surface area (Å²) in [7, 11) is 1.49. The van der Waals surface area contributed by atoms with E-state index < -0.39 is 36.1 Å². The number of esters is 1. The highest BCUT2D eigenvalue weighted by Crippen LogP contribution is 2.35. The van der Waals surface area contributed by atoms with Crippen LogP contribution in [0.3, 0.4) is 0 Å². The van der Waals surface area contributed by atoms with Gasteiger partial charge in [0.05, 0.1) is 24.9 Å². The van der Waals surface area contributed by atoms with Crippen LogP contribution in [0.15, 0.2) is 36.4 Å². The molecule has 0 amide bonds. The van der Waals surface area contributed by atoms with E-state index in [-0.39, 0.29) is 18.1 Å². The van der Waals surface area contributed by atoms with Crippen LogP contribution in [0.5, 0.6) is 5.75 Å². The number of methoxy groups -OCH3 is 1. The highest BCUT2D eigenvalue weighted by Gasteiger charge is 2.44. The molecule has 0 saturated carbocycles. The van der Waals surface area contributed by atoms with Crippen LogP contribution in [-0.4, -0.2) is 43.4 Å². The number of fused-ring (bicyclic) bond motifs is 2. The number of rotatable bonds is 1. The van der Waals surface area contributed by atoms with Crippen molar-refractivity contribution in [2.24, 2.45) is 5.92 Å². The molecule has 1 fully saturated rings. The molecule has 0 bridgehead atoms. The fourth-order valence-electron chi connectivity index (χ4n) is 3.83. The van der Waals surface area contributed by atoms with Crippen LogP contribution in [0.25, 0.3) is 6.08 Å². The topological polar surface area (TPSA) is 54.0 Å². The molecule has 8 heteroatoms. The molecule has 31 heavy (non-hydrogen) atoms. The van der Waals surface area contributed by atoms with Gasteiger partial charge in [-0.25, -0.2) is 4.79 Å². The maximum absolute atomic E-state index is 13.7. The second-order valence-corrected chi connectivity index (χ2v) is 8.15. The molecule has 4 unspecified atom stereocenters. The molecule has 0 aromatic heterocycles. The lowest BCUT2D eigenvalue weighted by Crippen LogP contribution is -2.34. The first kappa shape index (κ1) is 23.3. The second-order valence-electron chi connectivity index (χ2n) is 8.15. The highest BCUT2D eigenvalue weighted by molar-refractivity contribution is 5.94. The molecule has 3 rings (SSSR count). The molecule has 4 atom stereocenters. The van der Waals surface area contributed by atoms with Crippen LogP contribution in [0.4, 0.5) is 13.2 Å². The summed E-state index contributed by atoms with van der Waals surface area (Å²) >= 11 is 0. The number of hydrogen-bond donors (Lipinski definition) is 0. The zero-order chi connectivity index (χ0) is 22.8. The Kier molecular flexibility index (Phi) is 6.81. The predicted molar refractivity (Wildman–Crippen MR) is 109 cm³/mol. The first-order valence-corrected chi connectivity index (χ1v) is 10.1. The molecule has 0 N–H and O–H groups in total. The van der Waals surface area contributed by atoms with Gasteiger partial charge >= 0.3 is 12.1 Å². The van der Waals surface area contributed by atoms with E-state index >= 15 is 0 Å². The molecular formula is C23H27F3O5. The van der Waals surface area contributed by atoms with Gasteiger partial charge in [0.1, 0.15) is 17.8 Å².